The van der Waals surface area contributed by atoms with Crippen molar-refractivity contribution in [1.82, 2.24) is 0 Å². The Kier molecular flexibility index (Phi) is 7.06. The number of para-hydroxylation sites is 1. The van der Waals surface area contributed by atoms with Crippen molar-refractivity contribution in [3.05, 3.63) is 82.9 Å². The van der Waals surface area contributed by atoms with Crippen molar-refractivity contribution in [1.29, 1.82) is 0 Å². The lowest BCUT2D eigenvalue weighted by Crippen LogP contribution is -2.16. The Labute approximate surface area is 192 Å². The van der Waals surface area contributed by atoms with Crippen molar-refractivity contribution >= 4 is 0 Å². The smallest absolute Gasteiger partial charge is 0.172 e. The van der Waals surface area contributed by atoms with E-state index in [9.17, 15) is 13.2 Å². The van der Waals surface area contributed by atoms with Crippen LogP contribution in [0.3, 0.4) is 0 Å². The van der Waals surface area contributed by atoms with Crippen molar-refractivity contribution < 1.29 is 22.3 Å². The fraction of sp³-hybridized carbons (Fsp3) is 0.357. The van der Waals surface area contributed by atoms with Crippen molar-refractivity contribution in [2.45, 2.75) is 58.3 Å². The van der Waals surface area contributed by atoms with Gasteiger partial charge in [0.15, 0.2) is 23.2 Å². The summed E-state index contributed by atoms with van der Waals surface area (Å²) in [5.74, 6) is -2.43. The molecule has 0 atom stereocenters. The molecule has 1 aliphatic rings. The first-order valence-electron chi connectivity index (χ1n) is 11.6. The predicted octanol–water partition coefficient (Wildman–Crippen LogP) is 9.08. The van der Waals surface area contributed by atoms with Crippen molar-refractivity contribution in [3.8, 4) is 22.6 Å². The van der Waals surface area contributed by atoms with E-state index in [1.54, 1.807) is 31.2 Å². The van der Waals surface area contributed by atoms with Crippen LogP contribution in [0, 0.1) is 36.1 Å². The van der Waals surface area contributed by atoms with Crippen molar-refractivity contribution in [2.24, 2.45) is 5.92 Å². The Balaban J connectivity index is 1.67. The minimum atomic E-state index is -0.979. The van der Waals surface area contributed by atoms with Gasteiger partial charge in [-0.1, -0.05) is 44.0 Å². The second-order valence-corrected chi connectivity index (χ2v) is 8.97. The maximum Gasteiger partial charge on any atom is 0.172 e. The van der Waals surface area contributed by atoms with Gasteiger partial charge in [0.25, 0.3) is 0 Å². The Bertz CT molecular complexity index is 1130. The summed E-state index contributed by atoms with van der Waals surface area (Å²) in [5.41, 5.74) is 1.32. The maximum absolute atomic E-state index is 15.7. The summed E-state index contributed by atoms with van der Waals surface area (Å²) < 4.78 is 63.8. The maximum atomic E-state index is 15.7. The van der Waals surface area contributed by atoms with Crippen LogP contribution in [0.2, 0.25) is 0 Å². The summed E-state index contributed by atoms with van der Waals surface area (Å²) in [6, 6.07) is 11.6. The van der Waals surface area contributed by atoms with Crippen LogP contribution >= 0.6 is 0 Å². The Hall–Kier alpha value is -2.82. The van der Waals surface area contributed by atoms with Crippen LogP contribution < -0.4 is 4.74 Å². The standard InChI is InChI=1S/C28H28F4O/c1-3-6-18-9-11-19(12-10-18)26-24(31)15-17(2)28(27(26)32)33-25-8-5-4-7-21(25)20-13-14-22(29)23(30)16-20/h4-5,7-8,13-16,18-19H,3,6,9-12H2,1-2H3. The molecule has 0 aromatic heterocycles. The van der Waals surface area contributed by atoms with E-state index in [-0.39, 0.29) is 23.0 Å². The van der Waals surface area contributed by atoms with Gasteiger partial charge in [0.05, 0.1) is 0 Å². The van der Waals surface area contributed by atoms with E-state index >= 15 is 4.39 Å². The zero-order chi connectivity index (χ0) is 23.5. The minimum absolute atomic E-state index is 0.0304. The van der Waals surface area contributed by atoms with Gasteiger partial charge in [0, 0.05) is 11.1 Å². The third-order valence-electron chi connectivity index (χ3n) is 6.68. The van der Waals surface area contributed by atoms with Gasteiger partial charge in [-0.05, 0) is 79.8 Å². The zero-order valence-corrected chi connectivity index (χ0v) is 18.9. The monoisotopic (exact) mass is 456 g/mol. The van der Waals surface area contributed by atoms with Gasteiger partial charge in [0.2, 0.25) is 0 Å². The third kappa shape index (κ3) is 4.92. The highest BCUT2D eigenvalue weighted by molar-refractivity contribution is 5.71. The highest BCUT2D eigenvalue weighted by atomic mass is 19.2. The topological polar surface area (TPSA) is 9.23 Å². The van der Waals surface area contributed by atoms with Gasteiger partial charge in [0.1, 0.15) is 11.6 Å². The summed E-state index contributed by atoms with van der Waals surface area (Å²) in [4.78, 5) is 0. The molecule has 0 N–H and O–H groups in total. The van der Waals surface area contributed by atoms with E-state index in [1.807, 2.05) is 0 Å². The largest absolute Gasteiger partial charge is 0.453 e. The predicted molar refractivity (Wildman–Crippen MR) is 123 cm³/mol. The fourth-order valence-electron chi connectivity index (χ4n) is 4.95. The number of benzene rings is 3. The van der Waals surface area contributed by atoms with Crippen LogP contribution in [-0.2, 0) is 0 Å². The number of aryl methyl sites for hydroxylation is 1. The molecule has 1 nitrogen and oxygen atoms in total. The number of ether oxygens (including phenoxy) is 1. The molecule has 174 valence electrons. The number of halogens is 4. The van der Waals surface area contributed by atoms with Gasteiger partial charge in [-0.15, -0.1) is 0 Å². The quantitative estimate of drug-likeness (QED) is 0.336. The molecule has 0 spiro atoms. The number of hydrogen-bond acceptors (Lipinski definition) is 1. The lowest BCUT2D eigenvalue weighted by Gasteiger charge is -2.29. The van der Waals surface area contributed by atoms with Crippen LogP contribution in [0.25, 0.3) is 11.1 Å². The van der Waals surface area contributed by atoms with Gasteiger partial charge in [-0.25, -0.2) is 17.6 Å². The van der Waals surface area contributed by atoms with Gasteiger partial charge >= 0.3 is 0 Å². The van der Waals surface area contributed by atoms with Gasteiger partial charge < -0.3 is 4.74 Å². The Morgan fingerprint density at radius 2 is 1.58 bits per heavy atom. The molecule has 0 amide bonds. The normalized spacial score (nSPS) is 18.4. The average molecular weight is 457 g/mol. The van der Waals surface area contributed by atoms with Crippen LogP contribution in [0.4, 0.5) is 17.6 Å². The summed E-state index contributed by atoms with van der Waals surface area (Å²) >= 11 is 0. The Morgan fingerprint density at radius 1 is 0.848 bits per heavy atom. The molecule has 33 heavy (non-hydrogen) atoms. The summed E-state index contributed by atoms with van der Waals surface area (Å²) in [6.07, 6.45) is 5.73. The van der Waals surface area contributed by atoms with Crippen LogP contribution in [0.15, 0.2) is 48.5 Å². The Morgan fingerprint density at radius 3 is 2.27 bits per heavy atom. The molecule has 0 unspecified atom stereocenters. The highest BCUT2D eigenvalue weighted by Gasteiger charge is 2.29. The molecule has 1 aliphatic carbocycles. The van der Waals surface area contributed by atoms with E-state index in [2.05, 4.69) is 6.92 Å². The lowest BCUT2D eigenvalue weighted by molar-refractivity contribution is 0.298. The molecule has 1 saturated carbocycles. The molecule has 0 saturated heterocycles. The first kappa shape index (κ1) is 23.3. The van der Waals surface area contributed by atoms with E-state index in [0.29, 0.717) is 22.6 Å². The van der Waals surface area contributed by atoms with E-state index in [4.69, 9.17) is 4.74 Å². The van der Waals surface area contributed by atoms with Crippen LogP contribution in [0.1, 0.15) is 62.5 Å². The first-order valence-corrected chi connectivity index (χ1v) is 11.6. The second kappa shape index (κ2) is 9.98. The summed E-state index contributed by atoms with van der Waals surface area (Å²) in [5, 5.41) is 0. The molecule has 4 rings (SSSR count). The molecule has 0 heterocycles. The number of hydrogen-bond donors (Lipinski definition) is 0. The van der Waals surface area contributed by atoms with Crippen LogP contribution in [0.5, 0.6) is 11.5 Å². The number of rotatable bonds is 6. The zero-order valence-electron chi connectivity index (χ0n) is 18.9. The fourth-order valence-corrected chi connectivity index (χ4v) is 4.95. The molecule has 3 aromatic rings. The summed E-state index contributed by atoms with van der Waals surface area (Å²) in [6.45, 7) is 3.76. The van der Waals surface area contributed by atoms with E-state index in [1.165, 1.54) is 12.1 Å². The average Bonchev–Trinajstić information content (AvgIpc) is 2.80. The molecular weight excluding hydrogens is 428 g/mol. The third-order valence-corrected chi connectivity index (χ3v) is 6.68. The second-order valence-electron chi connectivity index (χ2n) is 8.97. The lowest BCUT2D eigenvalue weighted by atomic mass is 9.77. The van der Waals surface area contributed by atoms with E-state index < -0.39 is 23.3 Å². The molecule has 0 bridgehead atoms. The van der Waals surface area contributed by atoms with Crippen molar-refractivity contribution in [3.63, 3.8) is 0 Å². The van der Waals surface area contributed by atoms with E-state index in [0.717, 1.165) is 50.7 Å². The van der Waals surface area contributed by atoms with Crippen molar-refractivity contribution in [2.75, 3.05) is 0 Å². The van der Waals surface area contributed by atoms with Gasteiger partial charge in [-0.2, -0.15) is 0 Å². The van der Waals surface area contributed by atoms with Crippen LogP contribution in [-0.4, -0.2) is 0 Å². The first-order chi connectivity index (χ1) is 15.9. The summed E-state index contributed by atoms with van der Waals surface area (Å²) in [7, 11) is 0. The molecule has 0 aliphatic heterocycles. The van der Waals surface area contributed by atoms with Gasteiger partial charge in [-0.3, -0.25) is 0 Å². The molecular formula is C28H28F4O. The molecule has 1 fully saturated rings. The minimum Gasteiger partial charge on any atom is -0.453 e. The SMILES string of the molecule is CCCC1CCC(c2c(F)cc(C)c(Oc3ccccc3-c3ccc(F)c(F)c3)c2F)CC1. The molecule has 3 aromatic carbocycles. The molecule has 0 radical (unpaired) electrons. The molecule has 5 heteroatoms. The highest BCUT2D eigenvalue weighted by Crippen LogP contribution is 2.43.